The number of nitrogens with one attached hydrogen (secondary N) is 1. The number of hydrogen-bond donors (Lipinski definition) is 1. The molecule has 3 aromatic rings. The third-order valence-electron chi connectivity index (χ3n) is 6.37. The van der Waals surface area contributed by atoms with E-state index in [-0.39, 0.29) is 30.3 Å². The van der Waals surface area contributed by atoms with E-state index in [1.807, 2.05) is 51.1 Å². The first kappa shape index (κ1) is 32.8. The largest absolute Gasteiger partial charge is 0.497 e. The van der Waals surface area contributed by atoms with Crippen LogP contribution in [0.25, 0.3) is 0 Å². The number of amides is 2. The Morgan fingerprint density at radius 1 is 0.929 bits per heavy atom. The van der Waals surface area contributed by atoms with Gasteiger partial charge in [-0.15, -0.1) is 0 Å². The minimum atomic E-state index is -3.96. The van der Waals surface area contributed by atoms with Crippen LogP contribution in [0.4, 0.5) is 5.69 Å². The zero-order chi connectivity index (χ0) is 31.1. The number of nitrogens with zero attached hydrogens (tertiary/aromatic N) is 2. The number of ether oxygens (including phenoxy) is 2. The van der Waals surface area contributed by atoms with Crippen LogP contribution < -0.4 is 19.1 Å². The summed E-state index contributed by atoms with van der Waals surface area (Å²) in [4.78, 5) is 29.4. The van der Waals surface area contributed by atoms with E-state index < -0.39 is 34.1 Å². The van der Waals surface area contributed by atoms with Gasteiger partial charge < -0.3 is 19.7 Å². The lowest BCUT2D eigenvalue weighted by Gasteiger charge is -2.35. The predicted molar refractivity (Wildman–Crippen MR) is 166 cm³/mol. The predicted octanol–water partition coefficient (Wildman–Crippen LogP) is 4.68. The smallest absolute Gasteiger partial charge is 0.244 e. The van der Waals surface area contributed by atoms with Gasteiger partial charge in [-0.25, -0.2) is 8.42 Å². The molecule has 0 aromatic heterocycles. The highest BCUT2D eigenvalue weighted by molar-refractivity contribution is 7.92. The number of carbonyl (C=O) groups excluding carboxylic acids is 2. The monoisotopic (exact) mass is 615 g/mol. The van der Waals surface area contributed by atoms with Crippen LogP contribution in [0.2, 0.25) is 5.02 Å². The lowest BCUT2D eigenvalue weighted by Crippen LogP contribution is -2.56. The number of hydrogen-bond acceptors (Lipinski definition) is 6. The molecule has 11 heteroatoms. The van der Waals surface area contributed by atoms with Gasteiger partial charge in [-0.3, -0.25) is 13.9 Å². The zero-order valence-electron chi connectivity index (χ0n) is 24.8. The van der Waals surface area contributed by atoms with E-state index in [0.29, 0.717) is 10.8 Å². The summed E-state index contributed by atoms with van der Waals surface area (Å²) in [6.45, 7) is 5.05. The molecule has 0 radical (unpaired) electrons. The molecular formula is C31H38ClN3O6S. The summed E-state index contributed by atoms with van der Waals surface area (Å²) in [5.74, 6) is -0.260. The maximum atomic E-state index is 14.2. The number of rotatable bonds is 12. The third-order valence-corrected chi connectivity index (χ3v) is 7.75. The van der Waals surface area contributed by atoms with Crippen molar-refractivity contribution in [2.75, 3.05) is 31.3 Å². The topological polar surface area (TPSA) is 105 Å². The molecule has 1 unspecified atom stereocenters. The van der Waals surface area contributed by atoms with Crippen molar-refractivity contribution in [2.45, 2.75) is 45.3 Å². The molecule has 2 amide bonds. The van der Waals surface area contributed by atoms with Crippen molar-refractivity contribution in [2.24, 2.45) is 0 Å². The molecular weight excluding hydrogens is 578 g/mol. The molecule has 0 fully saturated rings. The molecule has 3 rings (SSSR count). The number of carbonyl (C=O) groups is 2. The van der Waals surface area contributed by atoms with Gasteiger partial charge >= 0.3 is 0 Å². The first-order valence-corrected chi connectivity index (χ1v) is 15.5. The number of methoxy groups -OCH3 is 2. The van der Waals surface area contributed by atoms with E-state index >= 15 is 0 Å². The first-order chi connectivity index (χ1) is 19.7. The summed E-state index contributed by atoms with van der Waals surface area (Å²) >= 11 is 6.10. The highest BCUT2D eigenvalue weighted by Gasteiger charge is 2.35. The molecule has 0 bridgehead atoms. The number of anilines is 1. The Balaban J connectivity index is 2.10. The molecule has 0 saturated heterocycles. The van der Waals surface area contributed by atoms with Gasteiger partial charge in [-0.1, -0.05) is 54.1 Å². The molecule has 3 aromatic carbocycles. The quantitative estimate of drug-likeness (QED) is 0.317. The van der Waals surface area contributed by atoms with Gasteiger partial charge in [0.1, 0.15) is 24.1 Å². The van der Waals surface area contributed by atoms with Crippen LogP contribution in [0.5, 0.6) is 11.5 Å². The van der Waals surface area contributed by atoms with Crippen LogP contribution in [0.3, 0.4) is 0 Å². The minimum Gasteiger partial charge on any atom is -0.497 e. The van der Waals surface area contributed by atoms with Gasteiger partial charge in [0.15, 0.2) is 0 Å². The molecule has 0 spiro atoms. The molecule has 42 heavy (non-hydrogen) atoms. The summed E-state index contributed by atoms with van der Waals surface area (Å²) in [6, 6.07) is 20.0. The SMILES string of the molecule is COc1ccc(N(CC(=O)N(Cc2ccc(Cl)cc2)C(Cc2ccccc2)C(=O)NC(C)(C)C)S(C)(=O)=O)c(OC)c1. The average Bonchev–Trinajstić information content (AvgIpc) is 2.93. The van der Waals surface area contributed by atoms with Gasteiger partial charge in [0, 0.05) is 29.6 Å². The Morgan fingerprint density at radius 3 is 2.12 bits per heavy atom. The highest BCUT2D eigenvalue weighted by Crippen LogP contribution is 2.34. The van der Waals surface area contributed by atoms with E-state index in [0.717, 1.165) is 21.7 Å². The van der Waals surface area contributed by atoms with Crippen molar-refractivity contribution in [3.8, 4) is 11.5 Å². The second-order valence-corrected chi connectivity index (χ2v) is 13.2. The van der Waals surface area contributed by atoms with Crippen molar-refractivity contribution in [1.82, 2.24) is 10.2 Å². The molecule has 0 aliphatic heterocycles. The van der Waals surface area contributed by atoms with Gasteiger partial charge in [-0.2, -0.15) is 0 Å². The van der Waals surface area contributed by atoms with Crippen LogP contribution >= 0.6 is 11.6 Å². The lowest BCUT2D eigenvalue weighted by molar-refractivity contribution is -0.140. The van der Waals surface area contributed by atoms with Gasteiger partial charge in [0.25, 0.3) is 0 Å². The lowest BCUT2D eigenvalue weighted by atomic mass is 10.0. The van der Waals surface area contributed by atoms with Crippen molar-refractivity contribution in [3.63, 3.8) is 0 Å². The molecule has 0 heterocycles. The fourth-order valence-electron chi connectivity index (χ4n) is 4.38. The molecule has 0 saturated carbocycles. The van der Waals surface area contributed by atoms with Crippen molar-refractivity contribution < 1.29 is 27.5 Å². The van der Waals surface area contributed by atoms with Crippen molar-refractivity contribution in [3.05, 3.63) is 88.9 Å². The molecule has 226 valence electrons. The second kappa shape index (κ2) is 13.9. The maximum Gasteiger partial charge on any atom is 0.244 e. The van der Waals surface area contributed by atoms with E-state index in [1.165, 1.54) is 25.2 Å². The van der Waals surface area contributed by atoms with Crippen LogP contribution in [0.15, 0.2) is 72.8 Å². The third kappa shape index (κ3) is 9.12. The Bertz CT molecular complexity index is 1470. The van der Waals surface area contributed by atoms with Gasteiger partial charge in [0.2, 0.25) is 21.8 Å². The minimum absolute atomic E-state index is 0.0441. The Hall–Kier alpha value is -3.76. The van der Waals surface area contributed by atoms with Crippen LogP contribution in [-0.4, -0.2) is 63.7 Å². The highest BCUT2D eigenvalue weighted by atomic mass is 35.5. The fraction of sp³-hybridized carbons (Fsp3) is 0.355. The Labute approximate surface area is 253 Å². The Kier molecular flexibility index (Phi) is 10.9. The van der Waals surface area contributed by atoms with E-state index in [2.05, 4.69) is 5.32 Å². The number of benzene rings is 3. The van der Waals surface area contributed by atoms with Crippen LogP contribution in [-0.2, 0) is 32.6 Å². The maximum absolute atomic E-state index is 14.2. The summed E-state index contributed by atoms with van der Waals surface area (Å²) in [7, 11) is -1.08. The molecule has 0 aliphatic rings. The first-order valence-electron chi connectivity index (χ1n) is 13.3. The van der Waals surface area contributed by atoms with Crippen molar-refractivity contribution in [1.29, 1.82) is 0 Å². The van der Waals surface area contributed by atoms with E-state index in [4.69, 9.17) is 21.1 Å². The number of halogens is 1. The van der Waals surface area contributed by atoms with Crippen LogP contribution in [0.1, 0.15) is 31.9 Å². The average molecular weight is 616 g/mol. The second-order valence-electron chi connectivity index (χ2n) is 10.9. The number of sulfonamides is 1. The standard InChI is InChI=1S/C31H38ClN3O6S/c1-31(2,3)33-30(37)27(18-22-10-8-7-9-11-22)34(20-23-12-14-24(32)15-13-23)29(36)21-35(42(6,38)39)26-17-16-25(40-4)19-28(26)41-5/h7-17,19,27H,18,20-21H2,1-6H3,(H,33,37). The zero-order valence-corrected chi connectivity index (χ0v) is 26.3. The summed E-state index contributed by atoms with van der Waals surface area (Å²) in [5.41, 5.74) is 1.16. The molecule has 1 N–H and O–H groups in total. The molecule has 0 aliphatic carbocycles. The summed E-state index contributed by atoms with van der Waals surface area (Å²) in [6.07, 6.45) is 1.23. The summed E-state index contributed by atoms with van der Waals surface area (Å²) in [5, 5.41) is 3.52. The van der Waals surface area contributed by atoms with Crippen LogP contribution in [0, 0.1) is 0 Å². The van der Waals surface area contributed by atoms with Gasteiger partial charge in [0.05, 0.1) is 26.2 Å². The Morgan fingerprint density at radius 2 is 1.57 bits per heavy atom. The van der Waals surface area contributed by atoms with E-state index in [1.54, 1.807) is 36.4 Å². The van der Waals surface area contributed by atoms with Crippen molar-refractivity contribution >= 4 is 39.1 Å². The fourth-order valence-corrected chi connectivity index (χ4v) is 5.36. The summed E-state index contributed by atoms with van der Waals surface area (Å²) < 4.78 is 37.8. The normalized spacial score (nSPS) is 12.3. The molecule has 9 nitrogen and oxygen atoms in total. The molecule has 1 atom stereocenters. The van der Waals surface area contributed by atoms with E-state index in [9.17, 15) is 18.0 Å². The van der Waals surface area contributed by atoms with Gasteiger partial charge in [-0.05, 0) is 56.2 Å².